The van der Waals surface area contributed by atoms with Gasteiger partial charge in [0.25, 0.3) is 0 Å². The number of ether oxygens (including phenoxy) is 5. The summed E-state index contributed by atoms with van der Waals surface area (Å²) in [6.45, 7) is 14.4. The summed E-state index contributed by atoms with van der Waals surface area (Å²) in [6.07, 6.45) is -3.84. The Morgan fingerprint density at radius 3 is 1.44 bits per heavy atom. The lowest BCUT2D eigenvalue weighted by Crippen LogP contribution is -2.65. The second-order valence-corrected chi connectivity index (χ2v) is 20.3. The molecule has 1 saturated heterocycles. The fourth-order valence-electron chi connectivity index (χ4n) is 6.74. The minimum Gasteiger partial charge on any atom is -0.452 e. The summed E-state index contributed by atoms with van der Waals surface area (Å²) in [5.41, 5.74) is 2.15. The molecule has 0 radical (unpaired) electrons. The zero-order chi connectivity index (χ0) is 40.5. The van der Waals surface area contributed by atoms with Crippen LogP contribution in [0.15, 0.2) is 164 Å². The molecule has 0 amide bonds. The number of carbonyl (C=O) groups excluding carboxylic acids is 2. The van der Waals surface area contributed by atoms with Gasteiger partial charge in [-0.1, -0.05) is 154 Å². The zero-order valence-corrected chi connectivity index (χ0v) is 34.3. The Kier molecular flexibility index (Phi) is 13.4. The second kappa shape index (κ2) is 18.4. The van der Waals surface area contributed by atoms with Gasteiger partial charge in [0.05, 0.1) is 24.3 Å². The predicted molar refractivity (Wildman–Crippen MR) is 223 cm³/mol. The summed E-state index contributed by atoms with van der Waals surface area (Å²) in [4.78, 5) is 28.2. The lowest BCUT2D eigenvalue weighted by molar-refractivity contribution is -0.298. The van der Waals surface area contributed by atoms with Crippen LogP contribution in [0.5, 0.6) is 0 Å². The van der Waals surface area contributed by atoms with Gasteiger partial charge in [-0.2, -0.15) is 0 Å². The molecule has 0 aromatic heterocycles. The first-order chi connectivity index (χ1) is 27.4. The molecule has 57 heavy (non-hydrogen) atoms. The van der Waals surface area contributed by atoms with Crippen LogP contribution in [0.4, 0.5) is 0 Å². The van der Waals surface area contributed by atoms with Crippen LogP contribution in [0.1, 0.15) is 58.2 Å². The van der Waals surface area contributed by atoms with Crippen LogP contribution in [-0.2, 0) is 33.7 Å². The maximum absolute atomic E-state index is 14.1. The molecule has 0 aliphatic carbocycles. The first kappa shape index (κ1) is 41.5. The van der Waals surface area contributed by atoms with E-state index in [1.165, 1.54) is 0 Å². The van der Waals surface area contributed by atoms with E-state index < -0.39 is 56.6 Å². The minimum absolute atomic E-state index is 0.116. The van der Waals surface area contributed by atoms with E-state index in [0.29, 0.717) is 11.1 Å². The molecule has 6 rings (SSSR count). The normalized spacial score (nSPS) is 20.0. The van der Waals surface area contributed by atoms with Crippen LogP contribution in [0.3, 0.4) is 0 Å². The summed E-state index contributed by atoms with van der Waals surface area (Å²) in [6, 6.07) is 47.3. The van der Waals surface area contributed by atoms with Gasteiger partial charge >= 0.3 is 11.9 Å². The van der Waals surface area contributed by atoms with E-state index in [1.54, 1.807) is 54.6 Å². The molecule has 1 aliphatic heterocycles. The Hall–Kier alpha value is -5.16. The molecule has 5 aromatic carbocycles. The number of esters is 2. The Labute approximate surface area is 337 Å². The summed E-state index contributed by atoms with van der Waals surface area (Å²) < 4.78 is 40.4. The molecular formula is C48H52O8Si. The van der Waals surface area contributed by atoms with E-state index in [0.717, 1.165) is 16.7 Å². The fraction of sp³-hybridized carbons (Fsp3) is 0.292. The molecule has 5 atom stereocenters. The summed E-state index contributed by atoms with van der Waals surface area (Å²) in [5.74, 6) is -1.23. The molecule has 9 heteroatoms. The molecule has 0 saturated carbocycles. The maximum atomic E-state index is 14.1. The number of rotatable bonds is 15. The van der Waals surface area contributed by atoms with Gasteiger partial charge in [0.15, 0.2) is 26.8 Å². The van der Waals surface area contributed by atoms with Crippen LogP contribution in [0, 0.1) is 0 Å². The lowest BCUT2D eigenvalue weighted by atomic mass is 9.80. The Morgan fingerprint density at radius 1 is 0.632 bits per heavy atom. The fourth-order valence-corrected chi connectivity index (χ4v) is 8.01. The molecule has 0 unspecified atom stereocenters. The van der Waals surface area contributed by atoms with E-state index in [2.05, 4.69) is 40.4 Å². The smallest absolute Gasteiger partial charge is 0.338 e. The van der Waals surface area contributed by atoms with Crippen molar-refractivity contribution in [2.45, 2.75) is 75.2 Å². The highest BCUT2D eigenvalue weighted by Crippen LogP contribution is 2.43. The molecule has 8 nitrogen and oxygen atoms in total. The molecule has 296 valence electrons. The van der Waals surface area contributed by atoms with Crippen LogP contribution in [-0.4, -0.2) is 64.2 Å². The molecule has 1 aliphatic rings. The number of hydrogen-bond donors (Lipinski definition) is 0. The highest BCUT2D eigenvalue weighted by atomic mass is 28.4. The number of benzene rings is 5. The molecule has 1 heterocycles. The van der Waals surface area contributed by atoms with Crippen molar-refractivity contribution in [2.24, 2.45) is 0 Å². The molecule has 0 spiro atoms. The third kappa shape index (κ3) is 9.52. The van der Waals surface area contributed by atoms with Crippen LogP contribution >= 0.6 is 0 Å². The van der Waals surface area contributed by atoms with E-state index >= 15 is 0 Å². The third-order valence-electron chi connectivity index (χ3n) is 10.7. The zero-order valence-electron chi connectivity index (χ0n) is 33.3. The molecule has 5 aromatic rings. The van der Waals surface area contributed by atoms with Gasteiger partial charge in [0.1, 0.15) is 17.8 Å². The minimum atomic E-state index is -2.63. The maximum Gasteiger partial charge on any atom is 0.338 e. The van der Waals surface area contributed by atoms with Crippen molar-refractivity contribution in [2.75, 3.05) is 13.2 Å². The molecular weight excluding hydrogens is 733 g/mol. The van der Waals surface area contributed by atoms with Crippen LogP contribution in [0.2, 0.25) is 18.1 Å². The standard InChI is InChI=1S/C48H52O8Si/c1-7-33-51-46-43(56-57(5,6)47(2,3)4)42(55-45(50)36-25-15-9-16-26-36)41(54-44(49)35-23-13-8-14-24-35)40(53-46)34-52-48(37-27-17-10-18-28-37,38-29-19-11-20-30-38)39-31-21-12-22-32-39/h7-32,40-43,46H,1,33-34H2,2-6H3/t40-,41-,42+,43-,46+/m1/s1. The summed E-state index contributed by atoms with van der Waals surface area (Å²) in [7, 11) is -2.63. The Balaban J connectivity index is 1.50. The molecule has 0 N–H and O–H groups in total. The van der Waals surface area contributed by atoms with E-state index in [9.17, 15) is 9.59 Å². The van der Waals surface area contributed by atoms with Gasteiger partial charge in [0.2, 0.25) is 0 Å². The van der Waals surface area contributed by atoms with Gasteiger partial charge in [-0.25, -0.2) is 9.59 Å². The van der Waals surface area contributed by atoms with Crippen molar-refractivity contribution >= 4 is 20.3 Å². The Bertz CT molecular complexity index is 1940. The largest absolute Gasteiger partial charge is 0.452 e. The molecule has 1 fully saturated rings. The topological polar surface area (TPSA) is 89.5 Å². The van der Waals surface area contributed by atoms with Crippen molar-refractivity contribution in [3.63, 3.8) is 0 Å². The van der Waals surface area contributed by atoms with Crippen LogP contribution < -0.4 is 0 Å². The van der Waals surface area contributed by atoms with Crippen LogP contribution in [0.25, 0.3) is 0 Å². The van der Waals surface area contributed by atoms with E-state index in [1.807, 2.05) is 103 Å². The Morgan fingerprint density at radius 2 is 1.04 bits per heavy atom. The van der Waals surface area contributed by atoms with Crippen molar-refractivity contribution < 1.29 is 37.7 Å². The van der Waals surface area contributed by atoms with Crippen molar-refractivity contribution in [3.8, 4) is 0 Å². The first-order valence-corrected chi connectivity index (χ1v) is 22.2. The average molecular weight is 785 g/mol. The average Bonchev–Trinajstić information content (AvgIpc) is 3.23. The SMILES string of the molecule is C=CCO[C@H]1O[C@H](COC(c2ccccc2)(c2ccccc2)c2ccccc2)[C@@H](OC(=O)c2ccccc2)[C@H](OC(=O)c2ccccc2)[C@H]1O[Si](C)(C)C(C)(C)C. The van der Waals surface area contributed by atoms with Gasteiger partial charge in [-0.05, 0) is 59.1 Å². The predicted octanol–water partition coefficient (Wildman–Crippen LogP) is 9.76. The number of hydrogen-bond acceptors (Lipinski definition) is 8. The molecule has 0 bridgehead atoms. The van der Waals surface area contributed by atoms with Gasteiger partial charge < -0.3 is 28.1 Å². The first-order valence-electron chi connectivity index (χ1n) is 19.3. The van der Waals surface area contributed by atoms with E-state index in [4.69, 9.17) is 28.1 Å². The van der Waals surface area contributed by atoms with Gasteiger partial charge in [-0.15, -0.1) is 6.58 Å². The second-order valence-electron chi connectivity index (χ2n) is 15.6. The highest BCUT2D eigenvalue weighted by Gasteiger charge is 2.55. The van der Waals surface area contributed by atoms with Crippen molar-refractivity contribution in [1.82, 2.24) is 0 Å². The third-order valence-corrected chi connectivity index (χ3v) is 15.2. The van der Waals surface area contributed by atoms with Crippen molar-refractivity contribution in [3.05, 3.63) is 192 Å². The highest BCUT2D eigenvalue weighted by molar-refractivity contribution is 6.74. The lowest BCUT2D eigenvalue weighted by Gasteiger charge is -2.49. The van der Waals surface area contributed by atoms with E-state index in [-0.39, 0.29) is 18.3 Å². The quantitative estimate of drug-likeness (QED) is 0.0449. The van der Waals surface area contributed by atoms with Gasteiger partial charge in [0, 0.05) is 0 Å². The van der Waals surface area contributed by atoms with Crippen molar-refractivity contribution in [1.29, 1.82) is 0 Å². The summed E-state index contributed by atoms with van der Waals surface area (Å²) in [5, 5.41) is -0.249. The monoisotopic (exact) mass is 784 g/mol. The summed E-state index contributed by atoms with van der Waals surface area (Å²) >= 11 is 0. The number of carbonyl (C=O) groups is 2. The van der Waals surface area contributed by atoms with Gasteiger partial charge in [-0.3, -0.25) is 0 Å².